The van der Waals surface area contributed by atoms with Crippen LogP contribution in [0.5, 0.6) is 11.5 Å². The van der Waals surface area contributed by atoms with Crippen molar-refractivity contribution in [2.75, 3.05) is 39.7 Å². The summed E-state index contributed by atoms with van der Waals surface area (Å²) in [6, 6.07) is 4.23. The van der Waals surface area contributed by atoms with Crippen LogP contribution < -0.4 is 20.1 Å². The molecule has 0 aromatic heterocycles. The van der Waals surface area contributed by atoms with Crippen LogP contribution >= 0.6 is 35.7 Å². The molecule has 0 aliphatic carbocycles. The maximum Gasteiger partial charge on any atom is 0.191 e. The summed E-state index contributed by atoms with van der Waals surface area (Å²) in [5, 5.41) is 6.93. The first-order valence-corrected chi connectivity index (χ1v) is 11.3. The standard InChI is InChI=1S/C21H33N3O3S.HI/c1-5-26-18-11-16-10-15(2)27-19(16)12-17(18)13-23-20(22-3)24-14-21(28-4)6-8-25-9-7-21;/h11-12,15H,5-10,13-14H2,1-4H3,(H2,22,23,24);1H. The summed E-state index contributed by atoms with van der Waals surface area (Å²) in [7, 11) is 1.81. The van der Waals surface area contributed by atoms with Gasteiger partial charge in [-0.3, -0.25) is 4.99 Å². The van der Waals surface area contributed by atoms with E-state index in [1.807, 2.05) is 25.7 Å². The molecular weight excluding hydrogens is 501 g/mol. The number of halogens is 1. The van der Waals surface area contributed by atoms with E-state index in [0.29, 0.717) is 13.2 Å². The highest BCUT2D eigenvalue weighted by Crippen LogP contribution is 2.35. The number of thioether (sulfide) groups is 1. The summed E-state index contributed by atoms with van der Waals surface area (Å²) in [6.07, 6.45) is 5.47. The molecule has 6 nitrogen and oxygen atoms in total. The second-order valence-corrected chi connectivity index (χ2v) is 8.69. The molecule has 2 heterocycles. The predicted octanol–water partition coefficient (Wildman–Crippen LogP) is 3.60. The van der Waals surface area contributed by atoms with Gasteiger partial charge in [0, 0.05) is 55.6 Å². The first-order valence-electron chi connectivity index (χ1n) is 10.1. The third-order valence-electron chi connectivity index (χ3n) is 5.46. The van der Waals surface area contributed by atoms with Crippen LogP contribution in [-0.2, 0) is 17.7 Å². The highest BCUT2D eigenvalue weighted by Gasteiger charge is 2.31. The Morgan fingerprint density at radius 3 is 2.72 bits per heavy atom. The molecule has 1 atom stereocenters. The largest absolute Gasteiger partial charge is 0.494 e. The van der Waals surface area contributed by atoms with Gasteiger partial charge in [0.15, 0.2) is 5.96 Å². The van der Waals surface area contributed by atoms with Gasteiger partial charge in [0.25, 0.3) is 0 Å². The molecule has 0 radical (unpaired) electrons. The highest BCUT2D eigenvalue weighted by atomic mass is 127. The third-order valence-corrected chi connectivity index (χ3v) is 6.88. The van der Waals surface area contributed by atoms with Crippen LogP contribution in [0.2, 0.25) is 0 Å². The molecule has 2 aliphatic heterocycles. The smallest absolute Gasteiger partial charge is 0.191 e. The van der Waals surface area contributed by atoms with Crippen molar-refractivity contribution < 1.29 is 14.2 Å². The minimum Gasteiger partial charge on any atom is -0.494 e. The van der Waals surface area contributed by atoms with Gasteiger partial charge in [-0.2, -0.15) is 11.8 Å². The van der Waals surface area contributed by atoms with Gasteiger partial charge in [-0.1, -0.05) is 0 Å². The highest BCUT2D eigenvalue weighted by molar-refractivity contribution is 14.0. The second kappa shape index (κ2) is 11.5. The lowest BCUT2D eigenvalue weighted by molar-refractivity contribution is 0.0783. The lowest BCUT2D eigenvalue weighted by atomic mass is 9.99. The Hall–Kier alpha value is -0.870. The number of rotatable bonds is 7. The Labute approximate surface area is 195 Å². The van der Waals surface area contributed by atoms with Gasteiger partial charge >= 0.3 is 0 Å². The second-order valence-electron chi connectivity index (χ2n) is 7.41. The fourth-order valence-electron chi connectivity index (χ4n) is 3.75. The Morgan fingerprint density at radius 1 is 1.31 bits per heavy atom. The number of hydrogen-bond acceptors (Lipinski definition) is 5. The number of ether oxygens (including phenoxy) is 3. The fourth-order valence-corrected chi connectivity index (χ4v) is 4.54. The number of fused-ring (bicyclic) bond motifs is 1. The molecule has 0 saturated carbocycles. The molecule has 1 unspecified atom stereocenters. The molecule has 0 spiro atoms. The predicted molar refractivity (Wildman–Crippen MR) is 131 cm³/mol. The van der Waals surface area contributed by atoms with Gasteiger partial charge in [0.1, 0.15) is 17.6 Å². The number of nitrogens with one attached hydrogen (secondary N) is 2. The van der Waals surface area contributed by atoms with E-state index in [2.05, 4.69) is 40.9 Å². The van der Waals surface area contributed by atoms with Crippen LogP contribution in [0.15, 0.2) is 17.1 Å². The van der Waals surface area contributed by atoms with E-state index in [-0.39, 0.29) is 34.8 Å². The van der Waals surface area contributed by atoms with Gasteiger partial charge < -0.3 is 24.8 Å². The van der Waals surface area contributed by atoms with Gasteiger partial charge in [-0.15, -0.1) is 24.0 Å². The molecule has 0 amide bonds. The van der Waals surface area contributed by atoms with Gasteiger partial charge in [-0.25, -0.2) is 0 Å². The van der Waals surface area contributed by atoms with Crippen LogP contribution in [0.4, 0.5) is 0 Å². The number of aliphatic imine (C=N–C) groups is 1. The van der Waals surface area contributed by atoms with E-state index in [1.54, 1.807) is 0 Å². The van der Waals surface area contributed by atoms with Crippen molar-refractivity contribution in [1.82, 2.24) is 10.6 Å². The van der Waals surface area contributed by atoms with E-state index >= 15 is 0 Å². The summed E-state index contributed by atoms with van der Waals surface area (Å²) in [5.74, 6) is 2.70. The maximum absolute atomic E-state index is 5.92. The molecule has 0 bridgehead atoms. The molecule has 2 N–H and O–H groups in total. The third kappa shape index (κ3) is 6.30. The van der Waals surface area contributed by atoms with E-state index in [1.165, 1.54) is 5.56 Å². The molecular formula is C21H34IN3O3S. The van der Waals surface area contributed by atoms with Crippen molar-refractivity contribution in [2.24, 2.45) is 4.99 Å². The van der Waals surface area contributed by atoms with Crippen molar-refractivity contribution in [1.29, 1.82) is 0 Å². The first-order chi connectivity index (χ1) is 13.6. The summed E-state index contributed by atoms with van der Waals surface area (Å²) in [5.41, 5.74) is 2.31. The van der Waals surface area contributed by atoms with E-state index in [0.717, 1.165) is 62.0 Å². The van der Waals surface area contributed by atoms with Gasteiger partial charge in [0.2, 0.25) is 0 Å². The molecule has 2 aliphatic rings. The molecule has 29 heavy (non-hydrogen) atoms. The van der Waals surface area contributed by atoms with Crippen molar-refractivity contribution in [3.8, 4) is 11.5 Å². The molecule has 3 rings (SSSR count). The summed E-state index contributed by atoms with van der Waals surface area (Å²) < 4.78 is 17.5. The van der Waals surface area contributed by atoms with Crippen LogP contribution in [0.1, 0.15) is 37.8 Å². The Morgan fingerprint density at radius 2 is 2.07 bits per heavy atom. The number of benzene rings is 1. The van der Waals surface area contributed by atoms with Crippen LogP contribution in [-0.4, -0.2) is 56.5 Å². The zero-order chi connectivity index (χ0) is 20.0. The van der Waals surface area contributed by atoms with Crippen LogP contribution in [0, 0.1) is 0 Å². The number of guanidine groups is 1. The average Bonchev–Trinajstić information content (AvgIpc) is 3.07. The normalized spacial score (nSPS) is 20.3. The maximum atomic E-state index is 5.92. The van der Waals surface area contributed by atoms with E-state index in [4.69, 9.17) is 14.2 Å². The zero-order valence-electron chi connectivity index (χ0n) is 17.9. The van der Waals surface area contributed by atoms with E-state index < -0.39 is 0 Å². The zero-order valence-corrected chi connectivity index (χ0v) is 21.0. The molecule has 1 aromatic rings. The Kier molecular flexibility index (Phi) is 9.68. The Balaban J connectivity index is 0.00000300. The number of hydrogen-bond donors (Lipinski definition) is 2. The monoisotopic (exact) mass is 535 g/mol. The first kappa shape index (κ1) is 24.4. The topological polar surface area (TPSA) is 64.1 Å². The fraction of sp³-hybridized carbons (Fsp3) is 0.667. The molecule has 1 aromatic carbocycles. The molecule has 8 heteroatoms. The lowest BCUT2D eigenvalue weighted by Gasteiger charge is -2.36. The Bertz CT molecular complexity index is 696. The summed E-state index contributed by atoms with van der Waals surface area (Å²) in [6.45, 7) is 7.94. The summed E-state index contributed by atoms with van der Waals surface area (Å²) in [4.78, 5) is 4.39. The molecule has 1 saturated heterocycles. The van der Waals surface area contributed by atoms with Gasteiger partial charge in [0.05, 0.1) is 6.61 Å². The summed E-state index contributed by atoms with van der Waals surface area (Å²) >= 11 is 1.92. The minimum atomic E-state index is 0. The van der Waals surface area contributed by atoms with Crippen molar-refractivity contribution in [3.63, 3.8) is 0 Å². The van der Waals surface area contributed by atoms with Crippen LogP contribution in [0.3, 0.4) is 0 Å². The van der Waals surface area contributed by atoms with Crippen LogP contribution in [0.25, 0.3) is 0 Å². The van der Waals surface area contributed by atoms with E-state index in [9.17, 15) is 0 Å². The quantitative estimate of drug-likeness (QED) is 0.316. The van der Waals surface area contributed by atoms with Crippen molar-refractivity contribution in [3.05, 3.63) is 23.3 Å². The lowest BCUT2D eigenvalue weighted by Crippen LogP contribution is -2.47. The minimum absolute atomic E-state index is 0. The number of nitrogens with zero attached hydrogens (tertiary/aromatic N) is 1. The molecule has 164 valence electrons. The SMILES string of the molecule is CCOc1cc2c(cc1CNC(=NC)NCC1(SC)CCOCC1)OC(C)C2.I. The van der Waals surface area contributed by atoms with Crippen molar-refractivity contribution in [2.45, 2.75) is 50.5 Å². The van der Waals surface area contributed by atoms with Gasteiger partial charge in [-0.05, 0) is 45.1 Å². The van der Waals surface area contributed by atoms with Crippen molar-refractivity contribution >= 4 is 41.7 Å². The molecule has 1 fully saturated rings. The average molecular weight is 535 g/mol.